The first-order valence-electron chi connectivity index (χ1n) is 15.1. The quantitative estimate of drug-likeness (QED) is 0.237. The summed E-state index contributed by atoms with van der Waals surface area (Å²) in [7, 11) is -2.06. The van der Waals surface area contributed by atoms with Crippen LogP contribution in [0.1, 0.15) is 55.2 Å². The van der Waals surface area contributed by atoms with Gasteiger partial charge in [0.25, 0.3) is 0 Å². The van der Waals surface area contributed by atoms with Crippen molar-refractivity contribution in [2.45, 2.75) is 70.5 Å². The van der Waals surface area contributed by atoms with Crippen LogP contribution in [-0.4, -0.2) is 57.1 Å². The lowest BCUT2D eigenvalue weighted by Gasteiger charge is -2.33. The number of methoxy groups -OCH3 is 1. The number of carbonyl (C=O) groups is 2. The topological polar surface area (TPSA) is 96.0 Å². The van der Waals surface area contributed by atoms with E-state index in [4.69, 9.17) is 16.3 Å². The number of amides is 2. The normalized spacial score (nSPS) is 14.2. The first-order valence-corrected chi connectivity index (χ1v) is 17.3. The summed E-state index contributed by atoms with van der Waals surface area (Å²) in [6, 6.07) is 21.6. The Morgan fingerprint density at radius 3 is 2.36 bits per heavy atom. The predicted octanol–water partition coefficient (Wildman–Crippen LogP) is 5.90. The molecule has 1 aliphatic carbocycles. The van der Waals surface area contributed by atoms with Gasteiger partial charge in [-0.25, -0.2) is 8.42 Å². The molecule has 1 atom stereocenters. The molecule has 1 fully saturated rings. The molecule has 0 heterocycles. The van der Waals surface area contributed by atoms with Gasteiger partial charge in [0.2, 0.25) is 21.8 Å². The van der Waals surface area contributed by atoms with E-state index in [9.17, 15) is 18.0 Å². The van der Waals surface area contributed by atoms with Gasteiger partial charge < -0.3 is 15.0 Å². The van der Waals surface area contributed by atoms with Gasteiger partial charge in [0.05, 0.1) is 19.1 Å². The third-order valence-corrected chi connectivity index (χ3v) is 9.71. The van der Waals surface area contributed by atoms with Crippen molar-refractivity contribution >= 4 is 39.1 Å². The van der Waals surface area contributed by atoms with Gasteiger partial charge in [0.1, 0.15) is 11.8 Å². The van der Waals surface area contributed by atoms with E-state index >= 15 is 0 Å². The molecule has 0 saturated heterocycles. The van der Waals surface area contributed by atoms with Crippen molar-refractivity contribution in [1.29, 1.82) is 0 Å². The molecule has 0 spiro atoms. The fourth-order valence-corrected chi connectivity index (χ4v) is 6.92. The first-order chi connectivity index (χ1) is 21.1. The van der Waals surface area contributed by atoms with E-state index in [0.717, 1.165) is 43.1 Å². The molecule has 0 radical (unpaired) electrons. The number of halogens is 1. The van der Waals surface area contributed by atoms with Crippen molar-refractivity contribution in [1.82, 2.24) is 10.2 Å². The number of rotatable bonds is 14. The van der Waals surface area contributed by atoms with Crippen LogP contribution in [0.25, 0.3) is 0 Å². The van der Waals surface area contributed by atoms with Crippen molar-refractivity contribution in [3.8, 4) is 5.75 Å². The lowest BCUT2D eigenvalue weighted by atomic mass is 10.0. The van der Waals surface area contributed by atoms with Crippen LogP contribution in [0.3, 0.4) is 0 Å². The summed E-state index contributed by atoms with van der Waals surface area (Å²) < 4.78 is 32.3. The van der Waals surface area contributed by atoms with Gasteiger partial charge in [-0.1, -0.05) is 73.0 Å². The summed E-state index contributed by atoms with van der Waals surface area (Å²) >= 11 is 6.30. The molecule has 3 aromatic carbocycles. The Bertz CT molecular complexity index is 1530. The van der Waals surface area contributed by atoms with Gasteiger partial charge in [0, 0.05) is 37.0 Å². The van der Waals surface area contributed by atoms with Gasteiger partial charge in [0.15, 0.2) is 0 Å². The Morgan fingerprint density at radius 2 is 1.68 bits per heavy atom. The van der Waals surface area contributed by atoms with Gasteiger partial charge in [-0.05, 0) is 67.1 Å². The van der Waals surface area contributed by atoms with Crippen molar-refractivity contribution in [3.05, 3.63) is 94.5 Å². The summed E-state index contributed by atoms with van der Waals surface area (Å²) in [4.78, 5) is 29.6. The fourth-order valence-electron chi connectivity index (χ4n) is 5.74. The van der Waals surface area contributed by atoms with Crippen LogP contribution in [0.15, 0.2) is 72.8 Å². The molecular formula is C34H42ClN3O5S. The number of anilines is 1. The molecule has 1 aliphatic rings. The van der Waals surface area contributed by atoms with Crippen LogP contribution < -0.4 is 14.4 Å². The summed E-state index contributed by atoms with van der Waals surface area (Å²) in [5, 5.41) is 3.68. The minimum atomic E-state index is -3.64. The number of carbonyl (C=O) groups excluding carboxylic acids is 2. The van der Waals surface area contributed by atoms with Crippen LogP contribution in [0.2, 0.25) is 5.02 Å². The van der Waals surface area contributed by atoms with E-state index < -0.39 is 16.1 Å². The van der Waals surface area contributed by atoms with Gasteiger partial charge in [-0.2, -0.15) is 0 Å². The molecule has 1 unspecified atom stereocenters. The fraction of sp³-hybridized carbons (Fsp3) is 0.412. The highest BCUT2D eigenvalue weighted by Crippen LogP contribution is 2.29. The second-order valence-corrected chi connectivity index (χ2v) is 13.7. The number of sulfonamides is 1. The summed E-state index contributed by atoms with van der Waals surface area (Å²) in [6.07, 6.45) is 5.81. The maximum absolute atomic E-state index is 14.1. The van der Waals surface area contributed by atoms with Crippen LogP contribution in [-0.2, 0) is 32.6 Å². The molecule has 0 bridgehead atoms. The summed E-state index contributed by atoms with van der Waals surface area (Å²) in [6.45, 7) is 2.07. The third-order valence-electron chi connectivity index (χ3n) is 8.12. The molecule has 236 valence electrons. The van der Waals surface area contributed by atoms with E-state index in [0.29, 0.717) is 28.4 Å². The second kappa shape index (κ2) is 15.4. The van der Waals surface area contributed by atoms with Gasteiger partial charge in [-0.15, -0.1) is 0 Å². The highest BCUT2D eigenvalue weighted by molar-refractivity contribution is 7.92. The molecular weight excluding hydrogens is 598 g/mol. The molecule has 1 saturated carbocycles. The largest absolute Gasteiger partial charge is 0.497 e. The van der Waals surface area contributed by atoms with Crippen LogP contribution in [0, 0.1) is 6.92 Å². The molecule has 44 heavy (non-hydrogen) atoms. The van der Waals surface area contributed by atoms with E-state index in [1.54, 1.807) is 37.1 Å². The molecule has 10 heteroatoms. The molecule has 8 nitrogen and oxygen atoms in total. The van der Waals surface area contributed by atoms with E-state index in [-0.39, 0.29) is 43.8 Å². The molecule has 3 aromatic rings. The number of hydrogen-bond acceptors (Lipinski definition) is 5. The first kappa shape index (κ1) is 33.3. The van der Waals surface area contributed by atoms with E-state index in [1.165, 1.54) is 4.31 Å². The molecule has 0 aliphatic heterocycles. The number of nitrogens with zero attached hydrogens (tertiary/aromatic N) is 2. The van der Waals surface area contributed by atoms with Crippen molar-refractivity contribution in [2.24, 2.45) is 0 Å². The Balaban J connectivity index is 1.61. The van der Waals surface area contributed by atoms with E-state index in [2.05, 4.69) is 5.32 Å². The standard InChI is InChI=1S/C34H42ClN3O5S/c1-25-30(35)18-10-19-31(25)38(44(3,41)42)21-11-20-33(39)37(24-27-14-9-17-29(22-27)43-2)32(23-26-12-5-4-6-13-26)34(40)36-28-15-7-8-16-28/h4-6,9-10,12-14,17-19,22,28,32H,7-8,11,15-16,20-21,23-24H2,1-3H3,(H,36,40). The Labute approximate surface area is 266 Å². The number of nitrogens with one attached hydrogen (secondary N) is 1. The van der Waals surface area contributed by atoms with E-state index in [1.807, 2.05) is 54.6 Å². The zero-order valence-corrected chi connectivity index (χ0v) is 27.2. The van der Waals surface area contributed by atoms with Gasteiger partial charge >= 0.3 is 0 Å². The van der Waals surface area contributed by atoms with Crippen LogP contribution in [0.4, 0.5) is 5.69 Å². The van der Waals surface area contributed by atoms with Crippen molar-refractivity contribution in [3.63, 3.8) is 0 Å². The number of hydrogen-bond donors (Lipinski definition) is 1. The van der Waals surface area contributed by atoms with Gasteiger partial charge in [-0.3, -0.25) is 13.9 Å². The minimum Gasteiger partial charge on any atom is -0.497 e. The maximum Gasteiger partial charge on any atom is 0.243 e. The lowest BCUT2D eigenvalue weighted by molar-refractivity contribution is -0.141. The zero-order chi connectivity index (χ0) is 31.7. The monoisotopic (exact) mass is 639 g/mol. The molecule has 4 rings (SSSR count). The Hall–Kier alpha value is -3.56. The van der Waals surface area contributed by atoms with Crippen LogP contribution in [0.5, 0.6) is 5.75 Å². The summed E-state index contributed by atoms with van der Waals surface area (Å²) in [5.74, 6) is 0.251. The van der Waals surface area contributed by atoms with Crippen molar-refractivity contribution < 1.29 is 22.7 Å². The number of benzene rings is 3. The Morgan fingerprint density at radius 1 is 1.00 bits per heavy atom. The van der Waals surface area contributed by atoms with Crippen LogP contribution >= 0.6 is 11.6 Å². The minimum absolute atomic E-state index is 0.0532. The molecule has 2 amide bonds. The second-order valence-electron chi connectivity index (χ2n) is 11.4. The zero-order valence-electron chi connectivity index (χ0n) is 25.7. The smallest absolute Gasteiger partial charge is 0.243 e. The highest BCUT2D eigenvalue weighted by atomic mass is 35.5. The average molecular weight is 640 g/mol. The molecule has 0 aromatic heterocycles. The predicted molar refractivity (Wildman–Crippen MR) is 175 cm³/mol. The number of ether oxygens (including phenoxy) is 1. The lowest BCUT2D eigenvalue weighted by Crippen LogP contribution is -2.52. The van der Waals surface area contributed by atoms with Crippen molar-refractivity contribution in [2.75, 3.05) is 24.2 Å². The maximum atomic E-state index is 14.1. The average Bonchev–Trinajstić information content (AvgIpc) is 3.51. The Kier molecular flexibility index (Phi) is 11.7. The summed E-state index contributed by atoms with van der Waals surface area (Å²) in [5.41, 5.74) is 2.91. The highest BCUT2D eigenvalue weighted by Gasteiger charge is 2.32. The SMILES string of the molecule is COc1cccc(CN(C(=O)CCCN(c2cccc(Cl)c2C)S(C)(=O)=O)C(Cc2ccccc2)C(=O)NC2CCCC2)c1. The molecule has 1 N–H and O–H groups in total. The third kappa shape index (κ3) is 8.99.